The summed E-state index contributed by atoms with van der Waals surface area (Å²) in [4.78, 5) is 2.27. The van der Waals surface area contributed by atoms with Crippen LogP contribution in [0.5, 0.6) is 0 Å². The summed E-state index contributed by atoms with van der Waals surface area (Å²) in [5.41, 5.74) is 1.11. The molecule has 8 heteroatoms. The highest BCUT2D eigenvalue weighted by Gasteiger charge is 2.42. The molecule has 0 aromatic heterocycles. The van der Waals surface area contributed by atoms with Crippen molar-refractivity contribution in [3.63, 3.8) is 0 Å². The van der Waals surface area contributed by atoms with Crippen LogP contribution in [0.3, 0.4) is 0 Å². The van der Waals surface area contributed by atoms with Crippen LogP contribution in [-0.2, 0) is 10.2 Å². The van der Waals surface area contributed by atoms with Crippen molar-refractivity contribution in [3.05, 3.63) is 54.3 Å². The number of para-hydroxylation sites is 3. The van der Waals surface area contributed by atoms with Crippen LogP contribution < -0.4 is 13.9 Å². The molecule has 0 saturated carbocycles. The van der Waals surface area contributed by atoms with Gasteiger partial charge >= 0.3 is 10.2 Å². The Morgan fingerprint density at radius 1 is 0.929 bits per heavy atom. The summed E-state index contributed by atoms with van der Waals surface area (Å²) in [6.07, 6.45) is 0. The molecule has 150 valence electrons. The van der Waals surface area contributed by atoms with Gasteiger partial charge in [-0.3, -0.25) is 4.90 Å². The lowest BCUT2D eigenvalue weighted by Gasteiger charge is -2.36. The fourth-order valence-electron chi connectivity index (χ4n) is 4.16. The van der Waals surface area contributed by atoms with Gasteiger partial charge in [0.25, 0.3) is 0 Å². The molecule has 2 atom stereocenters. The van der Waals surface area contributed by atoms with Gasteiger partial charge in [-0.2, -0.15) is 8.42 Å². The van der Waals surface area contributed by atoms with Gasteiger partial charge in [0.05, 0.1) is 17.1 Å². The number of hydrogen-bond acceptors (Lipinski definition) is 4. The third kappa shape index (κ3) is 3.36. The second-order valence-electron chi connectivity index (χ2n) is 7.51. The number of piperazine rings is 1. The minimum Gasteiger partial charge on any atom is -0.309 e. The van der Waals surface area contributed by atoms with Crippen molar-refractivity contribution >= 4 is 27.3 Å². The number of hydrogen-bond donors (Lipinski definition) is 1. The fourth-order valence-corrected chi connectivity index (χ4v) is 5.87. The maximum absolute atomic E-state index is 14.4. The Morgan fingerprint density at radius 2 is 1.50 bits per heavy atom. The minimum atomic E-state index is -3.91. The topological polar surface area (TPSA) is 55.9 Å². The van der Waals surface area contributed by atoms with E-state index >= 15 is 0 Å². The van der Waals surface area contributed by atoms with Gasteiger partial charge in [-0.15, -0.1) is 0 Å². The highest BCUT2D eigenvalue weighted by molar-refractivity contribution is 7.95. The maximum atomic E-state index is 14.4. The first-order valence-electron chi connectivity index (χ1n) is 9.53. The molecule has 0 unspecified atom stereocenters. The molecule has 2 aromatic carbocycles. The molecule has 0 radical (unpaired) electrons. The first-order valence-corrected chi connectivity index (χ1v) is 10.9. The van der Waals surface area contributed by atoms with E-state index < -0.39 is 16.0 Å². The van der Waals surface area contributed by atoms with Crippen molar-refractivity contribution < 1.29 is 12.8 Å². The zero-order valence-corrected chi connectivity index (χ0v) is 16.9. The van der Waals surface area contributed by atoms with E-state index in [1.54, 1.807) is 36.4 Å². The largest absolute Gasteiger partial charge is 0.331 e. The van der Waals surface area contributed by atoms with E-state index in [-0.39, 0.29) is 5.69 Å². The Bertz CT molecular complexity index is 958. The van der Waals surface area contributed by atoms with E-state index in [9.17, 15) is 12.8 Å². The van der Waals surface area contributed by atoms with Crippen LogP contribution >= 0.6 is 0 Å². The average Bonchev–Trinajstić information content (AvgIpc) is 2.86. The SMILES string of the molecule is C[C@@H]1CN(CCN2c3ccccc3N(c3ccccc3F)S2(=O)=O)C[C@H](C)N1. The predicted molar refractivity (Wildman–Crippen MR) is 110 cm³/mol. The van der Waals surface area contributed by atoms with Gasteiger partial charge in [0, 0.05) is 38.3 Å². The molecule has 0 aliphatic carbocycles. The number of nitrogens with one attached hydrogen (secondary N) is 1. The van der Waals surface area contributed by atoms with Crippen molar-refractivity contribution in [2.45, 2.75) is 25.9 Å². The molecule has 1 fully saturated rings. The number of halogens is 1. The zero-order chi connectivity index (χ0) is 19.9. The van der Waals surface area contributed by atoms with Gasteiger partial charge in [-0.25, -0.2) is 13.0 Å². The highest BCUT2D eigenvalue weighted by Crippen LogP contribution is 2.45. The van der Waals surface area contributed by atoms with E-state index in [2.05, 4.69) is 24.1 Å². The van der Waals surface area contributed by atoms with Crippen LogP contribution in [0.15, 0.2) is 48.5 Å². The van der Waals surface area contributed by atoms with Crippen LogP contribution in [0.25, 0.3) is 0 Å². The first kappa shape index (κ1) is 19.2. The van der Waals surface area contributed by atoms with Crippen molar-refractivity contribution in [1.29, 1.82) is 0 Å². The summed E-state index contributed by atoms with van der Waals surface area (Å²) < 4.78 is 43.7. The van der Waals surface area contributed by atoms with E-state index in [1.165, 1.54) is 16.4 Å². The summed E-state index contributed by atoms with van der Waals surface area (Å²) in [5, 5.41) is 3.48. The van der Waals surface area contributed by atoms with Gasteiger partial charge in [0.15, 0.2) is 0 Å². The molecule has 28 heavy (non-hydrogen) atoms. The number of anilines is 3. The van der Waals surface area contributed by atoms with Gasteiger partial charge in [-0.05, 0) is 38.1 Å². The normalized spacial score (nSPS) is 24.4. The van der Waals surface area contributed by atoms with Gasteiger partial charge in [0.2, 0.25) is 0 Å². The minimum absolute atomic E-state index is 0.0434. The third-order valence-corrected chi connectivity index (χ3v) is 6.99. The molecule has 2 heterocycles. The first-order chi connectivity index (χ1) is 13.4. The molecule has 0 spiro atoms. The Labute approximate surface area is 165 Å². The molecule has 2 aliphatic rings. The molecule has 1 N–H and O–H groups in total. The van der Waals surface area contributed by atoms with Crippen LogP contribution in [-0.4, -0.2) is 51.6 Å². The standard InChI is InChI=1S/C20H25FN4O2S/c1-15-13-23(14-16(2)22-15)11-12-24-19-9-5-6-10-20(19)25(28(24,26)27)18-8-4-3-7-17(18)21/h3-10,15-16,22H,11-14H2,1-2H3/t15-,16+. The number of rotatable bonds is 4. The van der Waals surface area contributed by atoms with Crippen molar-refractivity contribution in [3.8, 4) is 0 Å². The third-order valence-electron chi connectivity index (χ3n) is 5.20. The lowest BCUT2D eigenvalue weighted by Crippen LogP contribution is -2.55. The van der Waals surface area contributed by atoms with Crippen LogP contribution in [0, 0.1) is 5.82 Å². The van der Waals surface area contributed by atoms with E-state index in [1.807, 2.05) is 0 Å². The molecular weight excluding hydrogens is 379 g/mol. The molecule has 6 nitrogen and oxygen atoms in total. The Balaban J connectivity index is 1.64. The molecular formula is C20H25FN4O2S. The lowest BCUT2D eigenvalue weighted by atomic mass is 10.1. The fraction of sp³-hybridized carbons (Fsp3) is 0.400. The number of benzene rings is 2. The van der Waals surface area contributed by atoms with Crippen molar-refractivity contribution in [2.24, 2.45) is 0 Å². The predicted octanol–water partition coefficient (Wildman–Crippen LogP) is 2.71. The van der Waals surface area contributed by atoms with E-state index in [0.717, 1.165) is 17.4 Å². The molecule has 0 bridgehead atoms. The average molecular weight is 405 g/mol. The lowest BCUT2D eigenvalue weighted by molar-refractivity contribution is 0.178. The van der Waals surface area contributed by atoms with Gasteiger partial charge in [-0.1, -0.05) is 24.3 Å². The number of nitrogens with zero attached hydrogens (tertiary/aromatic N) is 3. The van der Waals surface area contributed by atoms with Gasteiger partial charge < -0.3 is 5.32 Å². The molecule has 1 saturated heterocycles. The van der Waals surface area contributed by atoms with Crippen LogP contribution in [0.4, 0.5) is 21.5 Å². The summed E-state index contributed by atoms with van der Waals surface area (Å²) in [6.45, 7) is 6.95. The molecule has 4 rings (SSSR count). The molecule has 2 aliphatic heterocycles. The zero-order valence-electron chi connectivity index (χ0n) is 16.0. The monoisotopic (exact) mass is 404 g/mol. The second kappa shape index (κ2) is 7.35. The van der Waals surface area contributed by atoms with Crippen molar-refractivity contribution in [1.82, 2.24) is 10.2 Å². The number of fused-ring (bicyclic) bond motifs is 1. The van der Waals surface area contributed by atoms with E-state index in [0.29, 0.717) is 36.5 Å². The Kier molecular flexibility index (Phi) is 5.03. The smallest absolute Gasteiger partial charge is 0.309 e. The maximum Gasteiger partial charge on any atom is 0.331 e. The van der Waals surface area contributed by atoms with Crippen LogP contribution in [0.2, 0.25) is 0 Å². The highest BCUT2D eigenvalue weighted by atomic mass is 32.2. The van der Waals surface area contributed by atoms with Gasteiger partial charge in [0.1, 0.15) is 5.82 Å². The van der Waals surface area contributed by atoms with Crippen molar-refractivity contribution in [2.75, 3.05) is 34.8 Å². The molecule has 2 aromatic rings. The summed E-state index contributed by atoms with van der Waals surface area (Å²) in [7, 11) is -3.91. The summed E-state index contributed by atoms with van der Waals surface area (Å²) >= 11 is 0. The second-order valence-corrected chi connectivity index (χ2v) is 9.21. The summed E-state index contributed by atoms with van der Waals surface area (Å²) in [5.74, 6) is -0.563. The van der Waals surface area contributed by atoms with E-state index in [4.69, 9.17) is 0 Å². The Morgan fingerprint density at radius 3 is 2.14 bits per heavy atom. The van der Waals surface area contributed by atoms with Crippen LogP contribution in [0.1, 0.15) is 13.8 Å². The summed E-state index contributed by atoms with van der Waals surface area (Å²) in [6, 6.07) is 13.8. The Hall–Kier alpha value is -2.16. The molecule has 0 amide bonds. The quantitative estimate of drug-likeness (QED) is 0.851.